The smallest absolute Gasteiger partial charge is 0.306 e. The summed E-state index contributed by atoms with van der Waals surface area (Å²) < 4.78 is 5.19. The summed E-state index contributed by atoms with van der Waals surface area (Å²) in [7, 11) is 0. The van der Waals surface area contributed by atoms with Gasteiger partial charge in [0.05, 0.1) is 12.0 Å². The molecule has 1 aliphatic rings. The van der Waals surface area contributed by atoms with E-state index in [1.807, 2.05) is 6.92 Å². The van der Waals surface area contributed by atoms with Gasteiger partial charge in [-0.1, -0.05) is 0 Å². The lowest BCUT2D eigenvalue weighted by atomic mass is 9.97. The number of hydrogen-bond acceptors (Lipinski definition) is 2. The van der Waals surface area contributed by atoms with Crippen LogP contribution >= 0.6 is 0 Å². The van der Waals surface area contributed by atoms with E-state index in [4.69, 9.17) is 9.84 Å². The summed E-state index contributed by atoms with van der Waals surface area (Å²) in [5.74, 6) is -0.862. The van der Waals surface area contributed by atoms with E-state index in [-0.39, 0.29) is 12.0 Å². The number of hydrogen-bond donors (Lipinski definition) is 1. The van der Waals surface area contributed by atoms with Crippen LogP contribution in [-0.4, -0.2) is 23.8 Å². The second-order valence-electron chi connectivity index (χ2n) is 2.74. The van der Waals surface area contributed by atoms with Crippen LogP contribution in [0.1, 0.15) is 19.8 Å². The molecule has 0 spiro atoms. The van der Waals surface area contributed by atoms with Crippen molar-refractivity contribution >= 4 is 5.97 Å². The highest BCUT2D eigenvalue weighted by molar-refractivity contribution is 5.70. The second kappa shape index (κ2) is 3.01. The zero-order valence-electron chi connectivity index (χ0n) is 6.04. The first-order valence-corrected chi connectivity index (χ1v) is 3.54. The van der Waals surface area contributed by atoms with Gasteiger partial charge < -0.3 is 9.84 Å². The van der Waals surface area contributed by atoms with E-state index < -0.39 is 5.97 Å². The van der Waals surface area contributed by atoms with E-state index in [1.165, 1.54) is 0 Å². The average molecular weight is 144 g/mol. The lowest BCUT2D eigenvalue weighted by Crippen LogP contribution is -2.28. The van der Waals surface area contributed by atoms with Crippen molar-refractivity contribution in [3.05, 3.63) is 0 Å². The van der Waals surface area contributed by atoms with Crippen molar-refractivity contribution in [3.8, 4) is 0 Å². The van der Waals surface area contributed by atoms with Gasteiger partial charge in [-0.25, -0.2) is 0 Å². The largest absolute Gasteiger partial charge is 0.481 e. The van der Waals surface area contributed by atoms with Gasteiger partial charge >= 0.3 is 5.97 Å². The van der Waals surface area contributed by atoms with E-state index in [2.05, 4.69) is 0 Å². The fraction of sp³-hybridized carbons (Fsp3) is 0.857. The Balaban J connectivity index is 2.39. The van der Waals surface area contributed by atoms with Crippen molar-refractivity contribution in [2.45, 2.75) is 25.9 Å². The van der Waals surface area contributed by atoms with Gasteiger partial charge in [0, 0.05) is 6.61 Å². The summed E-state index contributed by atoms with van der Waals surface area (Å²) in [5, 5.41) is 8.60. The predicted molar refractivity (Wildman–Crippen MR) is 35.8 cm³/mol. The monoisotopic (exact) mass is 144 g/mol. The fourth-order valence-corrected chi connectivity index (χ4v) is 1.22. The van der Waals surface area contributed by atoms with Gasteiger partial charge in [-0.05, 0) is 19.8 Å². The molecular weight excluding hydrogens is 132 g/mol. The van der Waals surface area contributed by atoms with E-state index >= 15 is 0 Å². The van der Waals surface area contributed by atoms with E-state index in [1.54, 1.807) is 0 Å². The Morgan fingerprint density at radius 3 is 2.80 bits per heavy atom. The normalized spacial score (nSPS) is 33.7. The molecule has 1 saturated heterocycles. The summed E-state index contributed by atoms with van der Waals surface area (Å²) in [5.41, 5.74) is 0. The van der Waals surface area contributed by atoms with Crippen LogP contribution in [0.4, 0.5) is 0 Å². The minimum atomic E-state index is -0.685. The molecule has 0 radical (unpaired) electrons. The second-order valence-corrected chi connectivity index (χ2v) is 2.74. The maximum absolute atomic E-state index is 10.4. The third kappa shape index (κ3) is 1.70. The first kappa shape index (κ1) is 7.54. The summed E-state index contributed by atoms with van der Waals surface area (Å²) in [6.45, 7) is 2.51. The van der Waals surface area contributed by atoms with Gasteiger partial charge in [0.2, 0.25) is 0 Å². The number of rotatable bonds is 1. The van der Waals surface area contributed by atoms with Crippen LogP contribution in [-0.2, 0) is 9.53 Å². The Morgan fingerprint density at radius 1 is 1.70 bits per heavy atom. The molecule has 1 aliphatic heterocycles. The highest BCUT2D eigenvalue weighted by Gasteiger charge is 2.24. The van der Waals surface area contributed by atoms with Gasteiger partial charge in [-0.15, -0.1) is 0 Å². The van der Waals surface area contributed by atoms with Crippen LogP contribution in [0, 0.1) is 5.92 Å². The Bertz CT molecular complexity index is 133. The topological polar surface area (TPSA) is 46.5 Å². The summed E-state index contributed by atoms with van der Waals surface area (Å²) in [6, 6.07) is 0. The molecule has 0 aromatic rings. The van der Waals surface area contributed by atoms with Crippen LogP contribution in [0.2, 0.25) is 0 Å². The molecule has 10 heavy (non-hydrogen) atoms. The van der Waals surface area contributed by atoms with Gasteiger partial charge in [0.1, 0.15) is 0 Å². The van der Waals surface area contributed by atoms with Gasteiger partial charge in [0.25, 0.3) is 0 Å². The molecule has 3 heteroatoms. The molecule has 0 aromatic carbocycles. The number of carboxylic acid groups (broad SMARTS) is 1. The summed E-state index contributed by atoms with van der Waals surface area (Å²) in [4.78, 5) is 10.4. The molecule has 1 fully saturated rings. The molecule has 0 amide bonds. The molecule has 0 aliphatic carbocycles. The Kier molecular flexibility index (Phi) is 2.27. The number of ether oxygens (including phenoxy) is 1. The molecule has 0 saturated carbocycles. The Labute approximate surface area is 60.0 Å². The van der Waals surface area contributed by atoms with Crippen molar-refractivity contribution in [1.82, 2.24) is 0 Å². The summed E-state index contributed by atoms with van der Waals surface area (Å²) >= 11 is 0. The maximum atomic E-state index is 10.4. The zero-order valence-corrected chi connectivity index (χ0v) is 6.04. The Morgan fingerprint density at radius 2 is 2.40 bits per heavy atom. The number of carbonyl (C=O) groups is 1. The molecule has 3 nitrogen and oxygen atoms in total. The molecule has 0 bridgehead atoms. The van der Waals surface area contributed by atoms with Gasteiger partial charge in [-0.2, -0.15) is 0 Å². The first-order chi connectivity index (χ1) is 4.70. The van der Waals surface area contributed by atoms with Crippen molar-refractivity contribution in [1.29, 1.82) is 0 Å². The van der Waals surface area contributed by atoms with Crippen LogP contribution in [0.5, 0.6) is 0 Å². The lowest BCUT2D eigenvalue weighted by Gasteiger charge is -2.23. The quantitative estimate of drug-likeness (QED) is 0.594. The Hall–Kier alpha value is -0.570. The van der Waals surface area contributed by atoms with Crippen LogP contribution in [0.3, 0.4) is 0 Å². The van der Waals surface area contributed by atoms with Crippen LogP contribution in [0.15, 0.2) is 0 Å². The molecular formula is C7H12O3. The standard InChI is InChI=1S/C7H12O3/c1-5-4-6(7(8)9)2-3-10-5/h5-6H,2-4H2,1H3,(H,8,9)/t5-,6+/m0/s1. The molecule has 58 valence electrons. The van der Waals surface area contributed by atoms with Gasteiger partial charge in [-0.3, -0.25) is 4.79 Å². The summed E-state index contributed by atoms with van der Waals surface area (Å²) in [6.07, 6.45) is 1.45. The molecule has 0 unspecified atom stereocenters. The first-order valence-electron chi connectivity index (χ1n) is 3.54. The minimum absolute atomic E-state index is 0.120. The highest BCUT2D eigenvalue weighted by Crippen LogP contribution is 2.19. The van der Waals surface area contributed by atoms with E-state index in [0.29, 0.717) is 19.4 Å². The molecule has 1 N–H and O–H groups in total. The fourth-order valence-electron chi connectivity index (χ4n) is 1.22. The molecule has 0 aromatic heterocycles. The number of carboxylic acids is 1. The maximum Gasteiger partial charge on any atom is 0.306 e. The third-order valence-electron chi connectivity index (χ3n) is 1.83. The van der Waals surface area contributed by atoms with Crippen LogP contribution < -0.4 is 0 Å². The van der Waals surface area contributed by atoms with Crippen molar-refractivity contribution in [3.63, 3.8) is 0 Å². The molecule has 1 heterocycles. The lowest BCUT2D eigenvalue weighted by molar-refractivity contribution is -0.146. The highest BCUT2D eigenvalue weighted by atomic mass is 16.5. The number of aliphatic carboxylic acids is 1. The SMILES string of the molecule is C[C@H]1C[C@H](C(=O)O)CCO1. The average Bonchev–Trinajstić information content (AvgIpc) is 1.88. The van der Waals surface area contributed by atoms with Crippen molar-refractivity contribution in [2.24, 2.45) is 5.92 Å². The molecule has 2 atom stereocenters. The van der Waals surface area contributed by atoms with Crippen LogP contribution in [0.25, 0.3) is 0 Å². The zero-order chi connectivity index (χ0) is 7.56. The third-order valence-corrected chi connectivity index (χ3v) is 1.83. The van der Waals surface area contributed by atoms with E-state index in [0.717, 1.165) is 0 Å². The van der Waals surface area contributed by atoms with Gasteiger partial charge in [0.15, 0.2) is 0 Å². The minimum Gasteiger partial charge on any atom is -0.481 e. The van der Waals surface area contributed by atoms with Crippen molar-refractivity contribution < 1.29 is 14.6 Å². The molecule has 1 rings (SSSR count). The van der Waals surface area contributed by atoms with Crippen molar-refractivity contribution in [2.75, 3.05) is 6.61 Å². The van der Waals surface area contributed by atoms with E-state index in [9.17, 15) is 4.79 Å². The predicted octanol–water partition coefficient (Wildman–Crippen LogP) is 0.886.